The molecular weight excluding hydrogens is 769 g/mol. The fourth-order valence-electron chi connectivity index (χ4n) is 11.5. The van der Waals surface area contributed by atoms with Gasteiger partial charge in [0.1, 0.15) is 0 Å². The molecule has 0 N–H and O–H groups in total. The van der Waals surface area contributed by atoms with E-state index in [4.69, 9.17) is 0 Å². The lowest BCUT2D eigenvalue weighted by atomic mass is 9.82. The van der Waals surface area contributed by atoms with E-state index >= 15 is 0 Å². The Morgan fingerprint density at radius 3 is 0.703 bits per heavy atom. The van der Waals surface area contributed by atoms with Crippen molar-refractivity contribution in [3.8, 4) is 100 Å². The molecule has 0 aliphatic heterocycles. The highest BCUT2D eigenvalue weighted by Crippen LogP contribution is 2.59. The Kier molecular flexibility index (Phi) is 7.49. The van der Waals surface area contributed by atoms with Gasteiger partial charge in [0, 0.05) is 0 Å². The van der Waals surface area contributed by atoms with E-state index in [9.17, 15) is 0 Å². The summed E-state index contributed by atoms with van der Waals surface area (Å²) >= 11 is 0. The zero-order valence-corrected chi connectivity index (χ0v) is 34.9. The van der Waals surface area contributed by atoms with Gasteiger partial charge in [0.2, 0.25) is 0 Å². The quantitative estimate of drug-likeness (QED) is 0.163. The van der Waals surface area contributed by atoms with Gasteiger partial charge >= 0.3 is 0 Å². The first-order valence-electron chi connectivity index (χ1n) is 22.3. The molecule has 0 amide bonds. The van der Waals surface area contributed by atoms with E-state index in [0.717, 1.165) is 0 Å². The maximum Gasteiger partial charge on any atom is -0.000742 e. The number of fused-ring (bicyclic) bond motifs is 8. The van der Waals surface area contributed by atoms with Gasteiger partial charge in [-0.1, -0.05) is 231 Å². The highest BCUT2D eigenvalue weighted by atomic mass is 14.3. The van der Waals surface area contributed by atoms with Gasteiger partial charge in [-0.15, -0.1) is 0 Å². The van der Waals surface area contributed by atoms with Crippen LogP contribution in [0.15, 0.2) is 231 Å². The van der Waals surface area contributed by atoms with Crippen LogP contribution in [0.25, 0.3) is 143 Å². The van der Waals surface area contributed by atoms with Crippen molar-refractivity contribution in [3.05, 3.63) is 231 Å². The van der Waals surface area contributed by atoms with E-state index in [1.807, 2.05) is 0 Å². The molecule has 2 aliphatic rings. The lowest BCUT2D eigenvalue weighted by molar-refractivity contribution is 1.59. The summed E-state index contributed by atoms with van der Waals surface area (Å²) in [5.74, 6) is 0. The van der Waals surface area contributed by atoms with E-state index in [1.54, 1.807) is 0 Å². The van der Waals surface area contributed by atoms with E-state index in [0.29, 0.717) is 0 Å². The van der Waals surface area contributed by atoms with E-state index in [2.05, 4.69) is 231 Å². The molecule has 12 aromatic carbocycles. The predicted octanol–water partition coefficient (Wildman–Crippen LogP) is 17.9. The molecule has 0 heteroatoms. The second-order valence-electron chi connectivity index (χ2n) is 17.4. The molecule has 0 spiro atoms. The summed E-state index contributed by atoms with van der Waals surface area (Å²) in [6.45, 7) is 0. The van der Waals surface area contributed by atoms with Crippen LogP contribution in [0, 0.1) is 0 Å². The van der Waals surface area contributed by atoms with Crippen molar-refractivity contribution in [1.29, 1.82) is 0 Å². The van der Waals surface area contributed by atoms with Gasteiger partial charge in [-0.25, -0.2) is 0 Å². The molecule has 0 heterocycles. The maximum atomic E-state index is 2.34. The number of benzene rings is 12. The molecular formula is C64H38. The Bertz CT molecular complexity index is 3620. The normalized spacial score (nSPS) is 12.1. The molecule has 294 valence electrons. The SMILES string of the molecule is c1ccc(-c2c3c(c(-c4ccc(-c5ccc(-c6c7c(c(-c8ccccc8)c8ccccc68)-c6cccc8cccc-7c68)cc5)cc4)c4ccccc24)-c2cccc4cccc-3c24)cc1. The lowest BCUT2D eigenvalue weighted by Gasteiger charge is -2.21. The molecule has 0 aromatic heterocycles. The Labute approximate surface area is 372 Å². The van der Waals surface area contributed by atoms with Gasteiger partial charge in [0.15, 0.2) is 0 Å². The minimum absolute atomic E-state index is 1.20. The van der Waals surface area contributed by atoms with Crippen LogP contribution in [0.4, 0.5) is 0 Å². The fraction of sp³-hybridized carbons (Fsp3) is 0. The van der Waals surface area contributed by atoms with Crippen molar-refractivity contribution < 1.29 is 0 Å². The number of hydrogen-bond donors (Lipinski definition) is 0. The van der Waals surface area contributed by atoms with Crippen LogP contribution < -0.4 is 0 Å². The van der Waals surface area contributed by atoms with Crippen LogP contribution >= 0.6 is 0 Å². The van der Waals surface area contributed by atoms with Crippen LogP contribution in [-0.2, 0) is 0 Å². The first-order chi connectivity index (χ1) is 31.8. The standard InChI is InChI=1S/C64H38/c1-3-15-43(16-4-1)57-47-23-7-9-25-49(47)59(63-53-29-13-21-41-19-11-27-51(55(41)53)61(57)63)45-35-31-39(32-36-45)40-33-37-46(38-34-40)60-50-26-10-8-24-48(50)58(44-17-5-2-6-18-44)62-52-28-12-20-42-22-14-30-54(56(42)52)64(60)62/h1-38H. The van der Waals surface area contributed by atoms with E-state index in [1.165, 1.54) is 143 Å². The van der Waals surface area contributed by atoms with E-state index < -0.39 is 0 Å². The molecule has 0 bridgehead atoms. The van der Waals surface area contributed by atoms with Crippen molar-refractivity contribution in [1.82, 2.24) is 0 Å². The molecule has 12 aromatic rings. The van der Waals surface area contributed by atoms with Gasteiger partial charge < -0.3 is 0 Å². The van der Waals surface area contributed by atoms with Crippen molar-refractivity contribution in [2.75, 3.05) is 0 Å². The highest BCUT2D eigenvalue weighted by Gasteiger charge is 2.32. The summed E-state index contributed by atoms with van der Waals surface area (Å²) in [5.41, 5.74) is 23.2. The Morgan fingerprint density at radius 1 is 0.156 bits per heavy atom. The molecule has 2 aliphatic carbocycles. The summed E-state index contributed by atoms with van der Waals surface area (Å²) in [7, 11) is 0. The first kappa shape index (κ1) is 35.3. The third-order valence-corrected chi connectivity index (χ3v) is 14.1. The summed E-state index contributed by atoms with van der Waals surface area (Å²) in [5, 5.41) is 10.4. The zero-order chi connectivity index (χ0) is 41.9. The van der Waals surface area contributed by atoms with Crippen LogP contribution in [-0.4, -0.2) is 0 Å². The molecule has 14 rings (SSSR count). The molecule has 0 atom stereocenters. The molecule has 64 heavy (non-hydrogen) atoms. The second-order valence-corrected chi connectivity index (χ2v) is 17.4. The third kappa shape index (κ3) is 4.94. The minimum Gasteiger partial charge on any atom is -0.0622 e. The van der Waals surface area contributed by atoms with Crippen molar-refractivity contribution in [2.45, 2.75) is 0 Å². The Morgan fingerprint density at radius 2 is 0.406 bits per heavy atom. The van der Waals surface area contributed by atoms with Crippen LogP contribution in [0.5, 0.6) is 0 Å². The van der Waals surface area contributed by atoms with Gasteiger partial charge in [0.05, 0.1) is 0 Å². The smallest absolute Gasteiger partial charge is 0.000742 e. The maximum absolute atomic E-state index is 2.34. The summed E-state index contributed by atoms with van der Waals surface area (Å²) < 4.78 is 0. The average molecular weight is 807 g/mol. The zero-order valence-electron chi connectivity index (χ0n) is 34.9. The van der Waals surface area contributed by atoms with Gasteiger partial charge in [-0.05, 0) is 143 Å². The summed E-state index contributed by atoms with van der Waals surface area (Å²) in [4.78, 5) is 0. The second kappa shape index (κ2) is 13.6. The number of hydrogen-bond acceptors (Lipinski definition) is 0. The fourth-order valence-corrected chi connectivity index (χ4v) is 11.5. The highest BCUT2D eigenvalue weighted by molar-refractivity contribution is 6.29. The van der Waals surface area contributed by atoms with Crippen LogP contribution in [0.3, 0.4) is 0 Å². The number of rotatable bonds is 5. The van der Waals surface area contributed by atoms with E-state index in [-0.39, 0.29) is 0 Å². The minimum atomic E-state index is 1.20. The van der Waals surface area contributed by atoms with Gasteiger partial charge in [-0.3, -0.25) is 0 Å². The summed E-state index contributed by atoms with van der Waals surface area (Å²) in [6.07, 6.45) is 0. The van der Waals surface area contributed by atoms with Crippen molar-refractivity contribution >= 4 is 43.1 Å². The van der Waals surface area contributed by atoms with Crippen molar-refractivity contribution in [2.24, 2.45) is 0 Å². The Hall–Kier alpha value is -8.32. The average Bonchev–Trinajstić information content (AvgIpc) is 3.87. The Balaban J connectivity index is 0.929. The first-order valence-corrected chi connectivity index (χ1v) is 22.3. The summed E-state index contributed by atoms with van der Waals surface area (Å²) in [6, 6.07) is 85.8. The topological polar surface area (TPSA) is 0 Å². The molecule has 0 fully saturated rings. The van der Waals surface area contributed by atoms with Crippen LogP contribution in [0.2, 0.25) is 0 Å². The van der Waals surface area contributed by atoms with Crippen LogP contribution in [0.1, 0.15) is 0 Å². The van der Waals surface area contributed by atoms with Crippen molar-refractivity contribution in [3.63, 3.8) is 0 Å². The van der Waals surface area contributed by atoms with Gasteiger partial charge in [-0.2, -0.15) is 0 Å². The predicted molar refractivity (Wildman–Crippen MR) is 273 cm³/mol. The third-order valence-electron chi connectivity index (χ3n) is 14.1. The molecule has 0 radical (unpaired) electrons. The molecule has 0 unspecified atom stereocenters. The monoisotopic (exact) mass is 806 g/mol. The molecule has 0 saturated heterocycles. The lowest BCUT2D eigenvalue weighted by Crippen LogP contribution is -1.94. The van der Waals surface area contributed by atoms with Gasteiger partial charge in [0.25, 0.3) is 0 Å². The molecule has 0 nitrogen and oxygen atoms in total. The largest absolute Gasteiger partial charge is 0.0622 e. The molecule has 0 saturated carbocycles.